The highest BCUT2D eigenvalue weighted by Crippen LogP contribution is 2.39. The van der Waals surface area contributed by atoms with Gasteiger partial charge in [0.2, 0.25) is 0 Å². The second kappa shape index (κ2) is 5.68. The van der Waals surface area contributed by atoms with Crippen molar-refractivity contribution in [3.8, 4) is 0 Å². The summed E-state index contributed by atoms with van der Waals surface area (Å²) in [6, 6.07) is 8.17. The van der Waals surface area contributed by atoms with Crippen molar-refractivity contribution in [1.82, 2.24) is 15.1 Å². The average molecular weight is 287 g/mol. The number of aromatic nitrogens is 2. The van der Waals surface area contributed by atoms with Crippen LogP contribution in [0.4, 0.5) is 4.39 Å². The molecule has 0 bridgehead atoms. The maximum atomic E-state index is 13.2. The van der Waals surface area contributed by atoms with E-state index >= 15 is 0 Å². The fraction of sp³-hybridized carbons (Fsp3) is 0.375. The van der Waals surface area contributed by atoms with Crippen molar-refractivity contribution in [2.24, 2.45) is 0 Å². The first kappa shape index (κ1) is 13.8. The minimum absolute atomic E-state index is 0.120. The Kier molecular flexibility index (Phi) is 3.73. The van der Waals surface area contributed by atoms with Gasteiger partial charge in [0, 0.05) is 24.7 Å². The van der Waals surface area contributed by atoms with Gasteiger partial charge in [-0.25, -0.2) is 4.39 Å². The molecule has 1 aliphatic rings. The van der Waals surface area contributed by atoms with Gasteiger partial charge < -0.3 is 4.90 Å². The molecule has 2 aromatic rings. The SMILES string of the molecule is CCN(Cc1cccc(F)c1)C(=O)c1cc(C2CC2)[nH]n1. The molecule has 1 aromatic heterocycles. The van der Waals surface area contributed by atoms with Gasteiger partial charge in [-0.05, 0) is 43.5 Å². The topological polar surface area (TPSA) is 49.0 Å². The molecule has 0 atom stereocenters. The zero-order valence-corrected chi connectivity index (χ0v) is 12.0. The van der Waals surface area contributed by atoms with Gasteiger partial charge in [0.15, 0.2) is 0 Å². The second-order valence-electron chi connectivity index (χ2n) is 5.43. The van der Waals surface area contributed by atoms with Crippen molar-refractivity contribution in [2.45, 2.75) is 32.2 Å². The number of carbonyl (C=O) groups excluding carboxylic acids is 1. The number of benzene rings is 1. The zero-order chi connectivity index (χ0) is 14.8. The summed E-state index contributed by atoms with van der Waals surface area (Å²) >= 11 is 0. The van der Waals surface area contributed by atoms with E-state index in [1.54, 1.807) is 11.0 Å². The van der Waals surface area contributed by atoms with E-state index in [-0.39, 0.29) is 11.7 Å². The van der Waals surface area contributed by atoms with Crippen molar-refractivity contribution in [3.63, 3.8) is 0 Å². The van der Waals surface area contributed by atoms with Gasteiger partial charge >= 0.3 is 0 Å². The molecule has 4 nitrogen and oxygen atoms in total. The first-order valence-electron chi connectivity index (χ1n) is 7.26. The maximum absolute atomic E-state index is 13.2. The number of hydrogen-bond donors (Lipinski definition) is 1. The Morgan fingerprint density at radius 1 is 1.43 bits per heavy atom. The molecule has 21 heavy (non-hydrogen) atoms. The van der Waals surface area contributed by atoms with E-state index in [2.05, 4.69) is 10.2 Å². The first-order chi connectivity index (χ1) is 10.2. The highest BCUT2D eigenvalue weighted by atomic mass is 19.1. The van der Waals surface area contributed by atoms with Crippen LogP contribution in [0.5, 0.6) is 0 Å². The standard InChI is InChI=1S/C16H18FN3O/c1-2-20(10-11-4-3-5-13(17)8-11)16(21)15-9-14(18-19-15)12-6-7-12/h3-5,8-9,12H,2,6-7,10H2,1H3,(H,18,19). The van der Waals surface area contributed by atoms with Gasteiger partial charge in [0.25, 0.3) is 5.91 Å². The number of nitrogens with one attached hydrogen (secondary N) is 1. The zero-order valence-electron chi connectivity index (χ0n) is 12.0. The summed E-state index contributed by atoms with van der Waals surface area (Å²) in [5.41, 5.74) is 2.26. The summed E-state index contributed by atoms with van der Waals surface area (Å²) < 4.78 is 13.2. The lowest BCUT2D eigenvalue weighted by atomic mass is 10.2. The van der Waals surface area contributed by atoms with Gasteiger partial charge in [0.1, 0.15) is 11.5 Å². The molecule has 0 unspecified atom stereocenters. The van der Waals surface area contributed by atoms with E-state index < -0.39 is 0 Å². The van der Waals surface area contributed by atoms with Crippen LogP contribution in [0.2, 0.25) is 0 Å². The summed E-state index contributed by atoms with van der Waals surface area (Å²) in [6.45, 7) is 2.85. The number of carbonyl (C=O) groups is 1. The van der Waals surface area contributed by atoms with Gasteiger partial charge in [-0.2, -0.15) is 5.10 Å². The monoisotopic (exact) mass is 287 g/mol. The number of aromatic amines is 1. The maximum Gasteiger partial charge on any atom is 0.274 e. The normalized spacial score (nSPS) is 14.2. The quantitative estimate of drug-likeness (QED) is 0.918. The number of nitrogens with zero attached hydrogens (tertiary/aromatic N) is 2. The molecule has 1 saturated carbocycles. The summed E-state index contributed by atoms with van der Waals surface area (Å²) in [6.07, 6.45) is 2.33. The molecule has 1 heterocycles. The predicted molar refractivity (Wildman–Crippen MR) is 77.4 cm³/mol. The van der Waals surface area contributed by atoms with Crippen molar-refractivity contribution < 1.29 is 9.18 Å². The number of halogens is 1. The van der Waals surface area contributed by atoms with Crippen LogP contribution in [0.15, 0.2) is 30.3 Å². The van der Waals surface area contributed by atoms with Crippen LogP contribution in [0.1, 0.15) is 47.4 Å². The van der Waals surface area contributed by atoms with E-state index in [0.717, 1.165) is 24.1 Å². The van der Waals surface area contributed by atoms with Crippen LogP contribution in [-0.4, -0.2) is 27.5 Å². The van der Waals surface area contributed by atoms with Crippen LogP contribution in [0.25, 0.3) is 0 Å². The molecular weight excluding hydrogens is 269 g/mol. The number of hydrogen-bond acceptors (Lipinski definition) is 2. The van der Waals surface area contributed by atoms with E-state index in [4.69, 9.17) is 0 Å². The van der Waals surface area contributed by atoms with E-state index in [0.29, 0.717) is 24.7 Å². The number of amides is 1. The number of rotatable bonds is 5. The van der Waals surface area contributed by atoms with Crippen LogP contribution >= 0.6 is 0 Å². The van der Waals surface area contributed by atoms with Crippen molar-refractivity contribution in [3.05, 3.63) is 53.1 Å². The summed E-state index contributed by atoms with van der Waals surface area (Å²) in [5, 5.41) is 7.06. The van der Waals surface area contributed by atoms with Crippen LogP contribution in [-0.2, 0) is 6.54 Å². The van der Waals surface area contributed by atoms with Crippen LogP contribution < -0.4 is 0 Å². The lowest BCUT2D eigenvalue weighted by molar-refractivity contribution is 0.0746. The van der Waals surface area contributed by atoms with Gasteiger partial charge in [-0.3, -0.25) is 9.89 Å². The lowest BCUT2D eigenvalue weighted by Gasteiger charge is -2.19. The average Bonchev–Trinajstić information content (AvgIpc) is 3.22. The van der Waals surface area contributed by atoms with E-state index in [9.17, 15) is 9.18 Å². The van der Waals surface area contributed by atoms with Crippen LogP contribution in [0.3, 0.4) is 0 Å². The fourth-order valence-electron chi connectivity index (χ4n) is 2.39. The second-order valence-corrected chi connectivity index (χ2v) is 5.43. The van der Waals surface area contributed by atoms with Crippen molar-refractivity contribution in [1.29, 1.82) is 0 Å². The molecule has 1 aromatic carbocycles. The molecule has 0 saturated heterocycles. The third-order valence-corrected chi connectivity index (χ3v) is 3.77. The molecular formula is C16H18FN3O. The van der Waals surface area contributed by atoms with Gasteiger partial charge in [0.05, 0.1) is 0 Å². The molecule has 0 radical (unpaired) electrons. The Balaban J connectivity index is 1.73. The third kappa shape index (κ3) is 3.12. The Bertz CT molecular complexity index is 648. The predicted octanol–water partition coefficient (Wildman–Crippen LogP) is 3.09. The minimum Gasteiger partial charge on any atom is -0.333 e. The lowest BCUT2D eigenvalue weighted by Crippen LogP contribution is -2.30. The molecule has 1 aliphatic carbocycles. The molecule has 3 rings (SSSR count). The minimum atomic E-state index is -0.285. The molecule has 1 amide bonds. The molecule has 0 aliphatic heterocycles. The fourth-order valence-corrected chi connectivity index (χ4v) is 2.39. The molecule has 110 valence electrons. The Hall–Kier alpha value is -2.17. The highest BCUT2D eigenvalue weighted by Gasteiger charge is 2.27. The van der Waals surface area contributed by atoms with Crippen molar-refractivity contribution >= 4 is 5.91 Å². The molecule has 1 fully saturated rings. The van der Waals surface area contributed by atoms with E-state index in [1.165, 1.54) is 12.1 Å². The first-order valence-corrected chi connectivity index (χ1v) is 7.26. The smallest absolute Gasteiger partial charge is 0.274 e. The Morgan fingerprint density at radius 3 is 2.90 bits per heavy atom. The Labute approximate surface area is 123 Å². The van der Waals surface area contributed by atoms with Gasteiger partial charge in [-0.1, -0.05) is 12.1 Å². The molecule has 5 heteroatoms. The summed E-state index contributed by atoms with van der Waals surface area (Å²) in [5.74, 6) is 0.133. The van der Waals surface area contributed by atoms with Gasteiger partial charge in [-0.15, -0.1) is 0 Å². The summed E-state index contributed by atoms with van der Waals surface area (Å²) in [7, 11) is 0. The molecule has 1 N–H and O–H groups in total. The third-order valence-electron chi connectivity index (χ3n) is 3.77. The molecule has 0 spiro atoms. The highest BCUT2D eigenvalue weighted by molar-refractivity contribution is 5.92. The van der Waals surface area contributed by atoms with Crippen molar-refractivity contribution in [2.75, 3.05) is 6.54 Å². The Morgan fingerprint density at radius 2 is 2.24 bits per heavy atom. The van der Waals surface area contributed by atoms with E-state index in [1.807, 2.05) is 19.1 Å². The largest absolute Gasteiger partial charge is 0.333 e. The number of H-pyrrole nitrogens is 1. The summed E-state index contributed by atoms with van der Waals surface area (Å²) in [4.78, 5) is 14.1. The van der Waals surface area contributed by atoms with Crippen LogP contribution in [0, 0.1) is 5.82 Å².